The van der Waals surface area contributed by atoms with Gasteiger partial charge < -0.3 is 9.64 Å². The van der Waals surface area contributed by atoms with E-state index in [-0.39, 0.29) is 0 Å². The molecule has 3 nitrogen and oxygen atoms in total. The maximum absolute atomic E-state index is 5.23. The van der Waals surface area contributed by atoms with Gasteiger partial charge in [0.2, 0.25) is 0 Å². The van der Waals surface area contributed by atoms with Crippen LogP contribution in [0.5, 0.6) is 0 Å². The lowest BCUT2D eigenvalue weighted by atomic mass is 10.3. The van der Waals surface area contributed by atoms with Crippen LogP contribution in [0, 0.1) is 12.3 Å². The number of anilines is 1. The molecule has 0 aliphatic carbocycles. The van der Waals surface area contributed by atoms with E-state index in [1.807, 2.05) is 24.1 Å². The molecule has 0 saturated carbocycles. The molecule has 0 aromatic carbocycles. The second kappa shape index (κ2) is 5.25. The second-order valence-corrected chi connectivity index (χ2v) is 2.96. The molecule has 0 amide bonds. The molecule has 1 aromatic heterocycles. The van der Waals surface area contributed by atoms with Gasteiger partial charge in [-0.3, -0.25) is 0 Å². The number of hydrogen-bond acceptors (Lipinski definition) is 3. The number of nitrogens with zero attached hydrogens (tertiary/aromatic N) is 2. The fraction of sp³-hybridized carbons (Fsp3) is 0.364. The molecular formula is C11H14N2O. The number of pyridine rings is 1. The Morgan fingerprint density at radius 2 is 2.36 bits per heavy atom. The molecule has 1 rings (SSSR count). The molecule has 0 bridgehead atoms. The summed E-state index contributed by atoms with van der Waals surface area (Å²) in [6.07, 6.45) is 6.93. The minimum Gasteiger partial charge on any atom is -0.383 e. The van der Waals surface area contributed by atoms with Crippen LogP contribution in [0.1, 0.15) is 5.56 Å². The number of aromatic nitrogens is 1. The largest absolute Gasteiger partial charge is 0.383 e. The predicted octanol–water partition coefficient (Wildman–Crippen LogP) is 1.15. The predicted molar refractivity (Wildman–Crippen MR) is 57.3 cm³/mol. The van der Waals surface area contributed by atoms with E-state index >= 15 is 0 Å². The minimum atomic E-state index is 0.690. The molecule has 0 N–H and O–H groups in total. The molecule has 0 unspecified atom stereocenters. The van der Waals surface area contributed by atoms with Crippen LogP contribution in [0.2, 0.25) is 0 Å². The summed E-state index contributed by atoms with van der Waals surface area (Å²) < 4.78 is 4.98. The molecule has 14 heavy (non-hydrogen) atoms. The van der Waals surface area contributed by atoms with Gasteiger partial charge in [0.25, 0.3) is 0 Å². The van der Waals surface area contributed by atoms with E-state index in [1.165, 1.54) is 0 Å². The van der Waals surface area contributed by atoms with Crippen LogP contribution < -0.4 is 4.90 Å². The molecule has 0 atom stereocenters. The molecule has 0 saturated heterocycles. The molecule has 0 radical (unpaired) electrons. The average Bonchev–Trinajstić information content (AvgIpc) is 2.26. The summed E-state index contributed by atoms with van der Waals surface area (Å²) in [6.45, 7) is 1.51. The van der Waals surface area contributed by atoms with Crippen molar-refractivity contribution in [1.82, 2.24) is 4.98 Å². The Balaban J connectivity index is 2.63. The van der Waals surface area contributed by atoms with Crippen molar-refractivity contribution in [3.05, 3.63) is 23.9 Å². The van der Waals surface area contributed by atoms with Crippen molar-refractivity contribution in [3.63, 3.8) is 0 Å². The number of likely N-dealkylation sites (N-methyl/N-ethyl adjacent to an activating group) is 1. The summed E-state index contributed by atoms with van der Waals surface area (Å²) in [7, 11) is 3.65. The highest BCUT2D eigenvalue weighted by Gasteiger charge is 2.00. The maximum atomic E-state index is 5.23. The van der Waals surface area contributed by atoms with Crippen LogP contribution >= 0.6 is 0 Å². The van der Waals surface area contributed by atoms with Gasteiger partial charge in [-0.05, 0) is 12.1 Å². The fourth-order valence-corrected chi connectivity index (χ4v) is 1.04. The molecular weight excluding hydrogens is 176 g/mol. The van der Waals surface area contributed by atoms with Gasteiger partial charge in [-0.25, -0.2) is 4.98 Å². The van der Waals surface area contributed by atoms with Crippen LogP contribution in [0.15, 0.2) is 18.3 Å². The van der Waals surface area contributed by atoms with Gasteiger partial charge in [0.1, 0.15) is 5.82 Å². The SMILES string of the molecule is C#Cc1ccc(N(C)CCOC)nc1. The lowest BCUT2D eigenvalue weighted by molar-refractivity contribution is 0.206. The Kier molecular flexibility index (Phi) is 3.96. The third kappa shape index (κ3) is 2.75. The second-order valence-electron chi connectivity index (χ2n) is 2.96. The molecule has 0 spiro atoms. The van der Waals surface area contributed by atoms with Crippen molar-refractivity contribution in [2.75, 3.05) is 32.2 Å². The molecule has 0 fully saturated rings. The Bertz CT molecular complexity index is 313. The summed E-state index contributed by atoms with van der Waals surface area (Å²) in [5, 5.41) is 0. The van der Waals surface area contributed by atoms with Gasteiger partial charge in [-0.2, -0.15) is 0 Å². The number of terminal acetylenes is 1. The molecule has 0 aliphatic rings. The summed E-state index contributed by atoms with van der Waals surface area (Å²) in [4.78, 5) is 6.25. The van der Waals surface area contributed by atoms with Crippen molar-refractivity contribution in [1.29, 1.82) is 0 Å². The lowest BCUT2D eigenvalue weighted by Gasteiger charge is -2.17. The first-order valence-electron chi connectivity index (χ1n) is 4.40. The van der Waals surface area contributed by atoms with Crippen LogP contribution in [-0.2, 0) is 4.74 Å². The van der Waals surface area contributed by atoms with E-state index < -0.39 is 0 Å². The highest BCUT2D eigenvalue weighted by atomic mass is 16.5. The van der Waals surface area contributed by atoms with Crippen molar-refractivity contribution in [2.24, 2.45) is 0 Å². The van der Waals surface area contributed by atoms with Gasteiger partial charge in [-0.1, -0.05) is 5.92 Å². The van der Waals surface area contributed by atoms with E-state index in [9.17, 15) is 0 Å². The van der Waals surface area contributed by atoms with E-state index in [0.29, 0.717) is 6.61 Å². The molecule has 1 aromatic rings. The fourth-order valence-electron chi connectivity index (χ4n) is 1.04. The van der Waals surface area contributed by atoms with Gasteiger partial charge in [0.15, 0.2) is 0 Å². The first kappa shape index (κ1) is 10.6. The van der Waals surface area contributed by atoms with Gasteiger partial charge in [0, 0.05) is 32.5 Å². The summed E-state index contributed by atoms with van der Waals surface area (Å²) >= 11 is 0. The highest BCUT2D eigenvalue weighted by molar-refractivity contribution is 5.41. The normalized spacial score (nSPS) is 9.50. The monoisotopic (exact) mass is 190 g/mol. The zero-order valence-electron chi connectivity index (χ0n) is 8.53. The standard InChI is InChI=1S/C11H14N2O/c1-4-10-5-6-11(12-9-10)13(2)7-8-14-3/h1,5-6,9H,7-8H2,2-3H3. The Morgan fingerprint density at radius 3 is 2.86 bits per heavy atom. The van der Waals surface area contributed by atoms with Crippen LogP contribution in [-0.4, -0.2) is 32.3 Å². The maximum Gasteiger partial charge on any atom is 0.128 e. The molecule has 1 heterocycles. The van der Waals surface area contributed by atoms with Gasteiger partial charge >= 0.3 is 0 Å². The quantitative estimate of drug-likeness (QED) is 0.666. The molecule has 74 valence electrons. The van der Waals surface area contributed by atoms with E-state index in [4.69, 9.17) is 11.2 Å². The number of rotatable bonds is 4. The van der Waals surface area contributed by atoms with Crippen LogP contribution in [0.3, 0.4) is 0 Å². The lowest BCUT2D eigenvalue weighted by Crippen LogP contribution is -2.22. The first-order chi connectivity index (χ1) is 6.77. The third-order valence-electron chi connectivity index (χ3n) is 1.94. The van der Waals surface area contributed by atoms with E-state index in [2.05, 4.69) is 10.9 Å². The summed E-state index contributed by atoms with van der Waals surface area (Å²) in [6, 6.07) is 3.79. The van der Waals surface area contributed by atoms with Crippen molar-refractivity contribution in [3.8, 4) is 12.3 Å². The third-order valence-corrected chi connectivity index (χ3v) is 1.94. The van der Waals surface area contributed by atoms with Crippen molar-refractivity contribution in [2.45, 2.75) is 0 Å². The zero-order valence-corrected chi connectivity index (χ0v) is 8.53. The van der Waals surface area contributed by atoms with Crippen molar-refractivity contribution >= 4 is 5.82 Å². The number of methoxy groups -OCH3 is 1. The number of hydrogen-bond donors (Lipinski definition) is 0. The topological polar surface area (TPSA) is 25.4 Å². The Hall–Kier alpha value is -1.53. The van der Waals surface area contributed by atoms with Crippen molar-refractivity contribution < 1.29 is 4.74 Å². The number of ether oxygens (including phenoxy) is 1. The highest BCUT2D eigenvalue weighted by Crippen LogP contribution is 2.08. The average molecular weight is 190 g/mol. The zero-order chi connectivity index (χ0) is 10.4. The van der Waals surface area contributed by atoms with E-state index in [1.54, 1.807) is 13.3 Å². The van der Waals surface area contributed by atoms with E-state index in [0.717, 1.165) is 17.9 Å². The first-order valence-corrected chi connectivity index (χ1v) is 4.40. The minimum absolute atomic E-state index is 0.690. The Morgan fingerprint density at radius 1 is 1.57 bits per heavy atom. The summed E-state index contributed by atoms with van der Waals surface area (Å²) in [5.74, 6) is 3.43. The van der Waals surface area contributed by atoms with Crippen LogP contribution in [0.25, 0.3) is 0 Å². The van der Waals surface area contributed by atoms with Gasteiger partial charge in [-0.15, -0.1) is 6.42 Å². The molecule has 0 aliphatic heterocycles. The molecule has 3 heteroatoms. The van der Waals surface area contributed by atoms with Gasteiger partial charge in [0.05, 0.1) is 6.61 Å². The summed E-state index contributed by atoms with van der Waals surface area (Å²) in [5.41, 5.74) is 0.800. The Labute approximate surface area is 84.7 Å². The smallest absolute Gasteiger partial charge is 0.128 e. The van der Waals surface area contributed by atoms with Crippen LogP contribution in [0.4, 0.5) is 5.82 Å².